The zero-order chi connectivity index (χ0) is 15.5. The number of nitrogens with zero attached hydrogens (tertiary/aromatic N) is 1. The van der Waals surface area contributed by atoms with Crippen molar-refractivity contribution < 1.29 is 9.59 Å². The molecule has 0 atom stereocenters. The van der Waals surface area contributed by atoms with E-state index in [1.165, 1.54) is 6.92 Å². The van der Waals surface area contributed by atoms with Gasteiger partial charge in [0.05, 0.1) is 5.52 Å². The molecule has 0 N–H and O–H groups in total. The van der Waals surface area contributed by atoms with Crippen LogP contribution in [-0.2, 0) is 0 Å². The third kappa shape index (κ3) is 2.61. The van der Waals surface area contributed by atoms with Crippen LogP contribution in [-0.4, -0.2) is 16.3 Å². The van der Waals surface area contributed by atoms with E-state index in [0.717, 1.165) is 16.5 Å². The van der Waals surface area contributed by atoms with Crippen LogP contribution in [0.5, 0.6) is 0 Å². The summed E-state index contributed by atoms with van der Waals surface area (Å²) in [6, 6.07) is 16.8. The molecule has 0 unspecified atom stereocenters. The number of hydrogen-bond donors (Lipinski definition) is 0. The summed E-state index contributed by atoms with van der Waals surface area (Å²) in [6.45, 7) is 1.52. The molecule has 0 spiro atoms. The van der Waals surface area contributed by atoms with Crippen molar-refractivity contribution in [3.8, 4) is 0 Å². The average molecular weight is 289 g/mol. The summed E-state index contributed by atoms with van der Waals surface area (Å²) in [5, 5.41) is 0.954. The van der Waals surface area contributed by atoms with Crippen LogP contribution in [0.1, 0.15) is 27.6 Å². The van der Waals surface area contributed by atoms with E-state index < -0.39 is 0 Å². The Morgan fingerprint density at radius 1 is 0.955 bits per heavy atom. The molecule has 0 bridgehead atoms. The Balaban J connectivity index is 1.99. The van der Waals surface area contributed by atoms with Gasteiger partial charge < -0.3 is 0 Å². The Morgan fingerprint density at radius 2 is 1.64 bits per heavy atom. The molecule has 0 fully saturated rings. The Morgan fingerprint density at radius 3 is 2.36 bits per heavy atom. The molecule has 22 heavy (non-hydrogen) atoms. The summed E-state index contributed by atoms with van der Waals surface area (Å²) in [4.78, 5) is 23.8. The number of ketones is 1. The quantitative estimate of drug-likeness (QED) is 0.535. The minimum Gasteiger partial charge on any atom is -0.289 e. The van der Waals surface area contributed by atoms with Gasteiger partial charge in [0, 0.05) is 29.6 Å². The molecule has 1 aromatic heterocycles. The molecular weight excluding hydrogens is 274 g/mol. The first-order valence-electron chi connectivity index (χ1n) is 7.05. The van der Waals surface area contributed by atoms with Crippen LogP contribution in [0.4, 0.5) is 0 Å². The minimum atomic E-state index is -0.0553. The van der Waals surface area contributed by atoms with Crippen LogP contribution in [0.15, 0.2) is 66.9 Å². The number of carbonyl (C=O) groups is 2. The topological polar surface area (TPSA) is 39.1 Å². The number of allylic oxidation sites excluding steroid dienone is 1. The molecule has 3 heteroatoms. The van der Waals surface area contributed by atoms with Crippen molar-refractivity contribution in [2.24, 2.45) is 0 Å². The molecule has 0 saturated carbocycles. The van der Waals surface area contributed by atoms with E-state index >= 15 is 0 Å². The maximum atomic E-state index is 12.1. The molecule has 0 aliphatic carbocycles. The zero-order valence-corrected chi connectivity index (χ0v) is 12.2. The first kappa shape index (κ1) is 14.0. The van der Waals surface area contributed by atoms with Crippen LogP contribution in [0.25, 0.3) is 17.0 Å². The highest BCUT2D eigenvalue weighted by molar-refractivity contribution is 6.08. The van der Waals surface area contributed by atoms with Crippen LogP contribution in [0.3, 0.4) is 0 Å². The van der Waals surface area contributed by atoms with E-state index in [-0.39, 0.29) is 11.7 Å². The maximum Gasteiger partial charge on any atom is 0.227 e. The lowest BCUT2D eigenvalue weighted by atomic mass is 10.1. The first-order valence-corrected chi connectivity index (χ1v) is 7.05. The van der Waals surface area contributed by atoms with Crippen molar-refractivity contribution in [1.29, 1.82) is 0 Å². The Bertz CT molecular complexity index is 873. The van der Waals surface area contributed by atoms with Crippen LogP contribution in [0, 0.1) is 0 Å². The Labute approximate surface area is 128 Å². The van der Waals surface area contributed by atoms with E-state index in [9.17, 15) is 9.59 Å². The fourth-order valence-corrected chi connectivity index (χ4v) is 2.46. The number of rotatable bonds is 3. The first-order chi connectivity index (χ1) is 10.7. The second-order valence-corrected chi connectivity index (χ2v) is 5.05. The average Bonchev–Trinajstić information content (AvgIpc) is 2.92. The van der Waals surface area contributed by atoms with Crippen LogP contribution in [0.2, 0.25) is 0 Å². The van der Waals surface area contributed by atoms with Gasteiger partial charge in [-0.1, -0.05) is 48.5 Å². The second kappa shape index (κ2) is 5.82. The summed E-state index contributed by atoms with van der Waals surface area (Å²) in [5.74, 6) is -0.106. The number of hydrogen-bond acceptors (Lipinski definition) is 2. The fourth-order valence-electron chi connectivity index (χ4n) is 2.46. The van der Waals surface area contributed by atoms with Crippen molar-refractivity contribution in [3.05, 3.63) is 78.0 Å². The van der Waals surface area contributed by atoms with Gasteiger partial charge in [0.1, 0.15) is 0 Å². The number of aromatic nitrogens is 1. The maximum absolute atomic E-state index is 12.1. The van der Waals surface area contributed by atoms with Gasteiger partial charge in [0.25, 0.3) is 0 Å². The van der Waals surface area contributed by atoms with E-state index in [1.807, 2.05) is 42.5 Å². The summed E-state index contributed by atoms with van der Waals surface area (Å²) in [7, 11) is 0. The van der Waals surface area contributed by atoms with E-state index in [4.69, 9.17) is 0 Å². The van der Waals surface area contributed by atoms with Gasteiger partial charge in [0.15, 0.2) is 5.78 Å². The second-order valence-electron chi connectivity index (χ2n) is 5.05. The molecule has 0 amide bonds. The van der Waals surface area contributed by atoms with Crippen molar-refractivity contribution in [2.75, 3.05) is 0 Å². The number of carbonyl (C=O) groups excluding carboxylic acids is 2. The standard InChI is InChI=1S/C19H15NO2/c1-14(21)20-13-16(17-9-5-6-10-18(17)20)11-12-19(22)15-7-3-2-4-8-15/h2-13H,1H3/b12-11+. The van der Waals surface area contributed by atoms with Crippen molar-refractivity contribution in [1.82, 2.24) is 4.57 Å². The molecule has 3 aromatic rings. The highest BCUT2D eigenvalue weighted by Crippen LogP contribution is 2.22. The smallest absolute Gasteiger partial charge is 0.227 e. The molecule has 108 valence electrons. The number of fused-ring (bicyclic) bond motifs is 1. The van der Waals surface area contributed by atoms with Crippen LogP contribution >= 0.6 is 0 Å². The highest BCUT2D eigenvalue weighted by Gasteiger charge is 2.09. The predicted octanol–water partition coefficient (Wildman–Crippen LogP) is 4.20. The summed E-state index contributed by atoms with van der Waals surface area (Å²) in [6.07, 6.45) is 5.07. The highest BCUT2D eigenvalue weighted by atomic mass is 16.1. The Hall–Kier alpha value is -2.94. The monoisotopic (exact) mass is 289 g/mol. The lowest BCUT2D eigenvalue weighted by Crippen LogP contribution is -2.02. The van der Waals surface area contributed by atoms with Gasteiger partial charge in [-0.3, -0.25) is 14.2 Å². The normalized spacial score (nSPS) is 11.1. The van der Waals surface area contributed by atoms with E-state index in [1.54, 1.807) is 35.0 Å². The van der Waals surface area contributed by atoms with Crippen molar-refractivity contribution in [3.63, 3.8) is 0 Å². The van der Waals surface area contributed by atoms with Gasteiger partial charge in [-0.25, -0.2) is 0 Å². The SMILES string of the molecule is CC(=O)n1cc(/C=C/C(=O)c2ccccc2)c2ccccc21. The number of benzene rings is 2. The van der Waals surface area contributed by atoms with E-state index in [2.05, 4.69) is 0 Å². The van der Waals surface area contributed by atoms with Crippen molar-refractivity contribution in [2.45, 2.75) is 6.92 Å². The van der Waals surface area contributed by atoms with Gasteiger partial charge in [-0.15, -0.1) is 0 Å². The summed E-state index contributed by atoms with van der Waals surface area (Å²) in [5.41, 5.74) is 2.35. The third-order valence-electron chi connectivity index (χ3n) is 3.55. The largest absolute Gasteiger partial charge is 0.289 e. The van der Waals surface area contributed by atoms with Gasteiger partial charge in [-0.05, 0) is 18.2 Å². The fraction of sp³-hybridized carbons (Fsp3) is 0.0526. The van der Waals surface area contributed by atoms with Gasteiger partial charge in [-0.2, -0.15) is 0 Å². The van der Waals surface area contributed by atoms with Crippen LogP contribution < -0.4 is 0 Å². The molecule has 0 aliphatic heterocycles. The molecule has 0 saturated heterocycles. The minimum absolute atomic E-state index is 0.0507. The van der Waals surface area contributed by atoms with Gasteiger partial charge in [0.2, 0.25) is 5.91 Å². The molecule has 0 aliphatic rings. The lowest BCUT2D eigenvalue weighted by Gasteiger charge is -1.96. The van der Waals surface area contributed by atoms with Gasteiger partial charge >= 0.3 is 0 Å². The zero-order valence-electron chi connectivity index (χ0n) is 12.2. The predicted molar refractivity (Wildman–Crippen MR) is 88.0 cm³/mol. The molecule has 3 nitrogen and oxygen atoms in total. The summed E-state index contributed by atoms with van der Waals surface area (Å²) >= 11 is 0. The lowest BCUT2D eigenvalue weighted by molar-refractivity contribution is 0.0941. The Kier molecular flexibility index (Phi) is 3.71. The molecular formula is C19H15NO2. The summed E-state index contributed by atoms with van der Waals surface area (Å²) < 4.78 is 1.60. The number of para-hydroxylation sites is 1. The van der Waals surface area contributed by atoms with E-state index in [0.29, 0.717) is 5.56 Å². The van der Waals surface area contributed by atoms with Crippen molar-refractivity contribution >= 4 is 28.7 Å². The molecule has 3 rings (SSSR count). The molecule has 1 heterocycles. The molecule has 2 aromatic carbocycles. The molecule has 0 radical (unpaired) electrons. The third-order valence-corrected chi connectivity index (χ3v) is 3.55.